The maximum Gasteiger partial charge on any atom is 0.343 e. The molecule has 0 radical (unpaired) electrons. The molecule has 0 aliphatic carbocycles. The Labute approximate surface area is 133 Å². The molecule has 120 valence electrons. The average molecular weight is 314 g/mol. The maximum atomic E-state index is 12.5. The van der Waals surface area contributed by atoms with Crippen molar-refractivity contribution in [3.63, 3.8) is 0 Å². The number of ketones is 1. The molecular formula is C17H18N2O4. The summed E-state index contributed by atoms with van der Waals surface area (Å²) in [6.07, 6.45) is 0. The first-order chi connectivity index (χ1) is 10.8. The summed E-state index contributed by atoms with van der Waals surface area (Å²) >= 11 is 0. The largest absolute Gasteiger partial charge is 0.462 e. The minimum Gasteiger partial charge on any atom is -0.462 e. The minimum atomic E-state index is -0.764. The number of aromatic nitrogens is 2. The molecule has 0 atom stereocenters. The fourth-order valence-corrected chi connectivity index (χ4v) is 2.05. The summed E-state index contributed by atoms with van der Waals surface area (Å²) in [7, 11) is 0. The summed E-state index contributed by atoms with van der Waals surface area (Å²) in [6, 6.07) is 6.53. The van der Waals surface area contributed by atoms with Gasteiger partial charge in [-0.1, -0.05) is 6.07 Å². The van der Waals surface area contributed by atoms with Gasteiger partial charge in [-0.2, -0.15) is 9.78 Å². The topological polar surface area (TPSA) is 78.3 Å². The van der Waals surface area contributed by atoms with Gasteiger partial charge in [0.15, 0.2) is 5.78 Å². The Kier molecular flexibility index (Phi) is 4.74. The molecule has 0 N–H and O–H groups in total. The quantitative estimate of drug-likeness (QED) is 0.639. The van der Waals surface area contributed by atoms with Gasteiger partial charge in [0.05, 0.1) is 12.3 Å². The molecule has 1 aromatic heterocycles. The van der Waals surface area contributed by atoms with E-state index in [0.717, 1.165) is 15.8 Å². The van der Waals surface area contributed by atoms with Crippen LogP contribution in [0, 0.1) is 13.8 Å². The molecule has 1 aromatic carbocycles. The van der Waals surface area contributed by atoms with Gasteiger partial charge >= 0.3 is 5.97 Å². The van der Waals surface area contributed by atoms with Crippen LogP contribution < -0.4 is 5.56 Å². The van der Waals surface area contributed by atoms with Gasteiger partial charge in [0.25, 0.3) is 5.56 Å². The Morgan fingerprint density at radius 1 is 1.17 bits per heavy atom. The van der Waals surface area contributed by atoms with Gasteiger partial charge in [0.1, 0.15) is 11.3 Å². The third kappa shape index (κ3) is 3.36. The molecule has 0 aliphatic heterocycles. The SMILES string of the molecule is CCOC(=O)c1cc(C(C)=O)nn(-c2ccc(C)c(C)c2)c1=O. The van der Waals surface area contributed by atoms with Gasteiger partial charge in [-0.25, -0.2) is 4.79 Å². The molecule has 0 bridgehead atoms. The van der Waals surface area contributed by atoms with Crippen LogP contribution in [0.4, 0.5) is 0 Å². The van der Waals surface area contributed by atoms with E-state index >= 15 is 0 Å². The summed E-state index contributed by atoms with van der Waals surface area (Å²) in [5.41, 5.74) is 1.75. The second kappa shape index (κ2) is 6.56. The standard InChI is InChI=1S/C17H18N2O4/c1-5-23-17(22)14-9-15(12(4)20)18-19(16(14)21)13-7-6-10(2)11(3)8-13/h6-9H,5H2,1-4H3. The van der Waals surface area contributed by atoms with Gasteiger partial charge in [0, 0.05) is 6.92 Å². The Morgan fingerprint density at radius 2 is 1.87 bits per heavy atom. The van der Waals surface area contributed by atoms with E-state index in [9.17, 15) is 14.4 Å². The molecule has 1 heterocycles. The molecule has 0 saturated carbocycles. The summed E-state index contributed by atoms with van der Waals surface area (Å²) < 4.78 is 5.95. The Balaban J connectivity index is 2.71. The number of Topliss-reactive ketones (excluding diaryl/α,β-unsaturated/α-hetero) is 1. The number of nitrogens with zero attached hydrogens (tertiary/aromatic N) is 2. The number of rotatable bonds is 4. The van der Waals surface area contributed by atoms with E-state index in [1.54, 1.807) is 19.1 Å². The van der Waals surface area contributed by atoms with Gasteiger partial charge < -0.3 is 4.74 Å². The summed E-state index contributed by atoms with van der Waals surface area (Å²) in [4.78, 5) is 36.2. The third-order valence-electron chi connectivity index (χ3n) is 3.50. The molecular weight excluding hydrogens is 296 g/mol. The lowest BCUT2D eigenvalue weighted by Crippen LogP contribution is -2.30. The number of carbonyl (C=O) groups is 2. The number of hydrogen-bond donors (Lipinski definition) is 0. The molecule has 0 unspecified atom stereocenters. The number of carbonyl (C=O) groups excluding carboxylic acids is 2. The van der Waals surface area contributed by atoms with Crippen LogP contribution in [0.5, 0.6) is 0 Å². The van der Waals surface area contributed by atoms with Crippen molar-refractivity contribution in [1.29, 1.82) is 0 Å². The van der Waals surface area contributed by atoms with Gasteiger partial charge in [0.2, 0.25) is 0 Å². The van der Waals surface area contributed by atoms with E-state index in [-0.39, 0.29) is 23.6 Å². The lowest BCUT2D eigenvalue weighted by Gasteiger charge is -2.10. The number of esters is 1. The lowest BCUT2D eigenvalue weighted by atomic mass is 10.1. The van der Waals surface area contributed by atoms with Crippen molar-refractivity contribution >= 4 is 11.8 Å². The van der Waals surface area contributed by atoms with Crippen LogP contribution in [0.15, 0.2) is 29.1 Å². The van der Waals surface area contributed by atoms with E-state index in [1.165, 1.54) is 13.0 Å². The summed E-state index contributed by atoms with van der Waals surface area (Å²) in [5, 5.41) is 4.06. The zero-order valence-corrected chi connectivity index (χ0v) is 13.5. The van der Waals surface area contributed by atoms with Crippen LogP contribution in [0.25, 0.3) is 5.69 Å². The monoisotopic (exact) mass is 314 g/mol. The zero-order chi connectivity index (χ0) is 17.1. The number of ether oxygens (including phenoxy) is 1. The number of aryl methyl sites for hydroxylation is 2. The van der Waals surface area contributed by atoms with E-state index in [1.807, 2.05) is 19.9 Å². The normalized spacial score (nSPS) is 10.4. The molecule has 6 nitrogen and oxygen atoms in total. The summed E-state index contributed by atoms with van der Waals surface area (Å²) in [6.45, 7) is 6.97. The van der Waals surface area contributed by atoms with Crippen molar-refractivity contribution < 1.29 is 14.3 Å². The maximum absolute atomic E-state index is 12.5. The molecule has 23 heavy (non-hydrogen) atoms. The van der Waals surface area contributed by atoms with E-state index < -0.39 is 11.5 Å². The highest BCUT2D eigenvalue weighted by molar-refractivity contribution is 5.96. The Hall–Kier alpha value is -2.76. The first kappa shape index (κ1) is 16.6. The zero-order valence-electron chi connectivity index (χ0n) is 13.5. The van der Waals surface area contributed by atoms with Crippen molar-refractivity contribution in [1.82, 2.24) is 9.78 Å². The van der Waals surface area contributed by atoms with E-state index in [0.29, 0.717) is 5.69 Å². The highest BCUT2D eigenvalue weighted by Gasteiger charge is 2.19. The molecule has 0 spiro atoms. The highest BCUT2D eigenvalue weighted by Crippen LogP contribution is 2.13. The minimum absolute atomic E-state index is 0.0332. The smallest absolute Gasteiger partial charge is 0.343 e. The van der Waals surface area contributed by atoms with Gasteiger partial charge in [-0.05, 0) is 50.1 Å². The van der Waals surface area contributed by atoms with Crippen molar-refractivity contribution in [3.8, 4) is 5.69 Å². The van der Waals surface area contributed by atoms with E-state index in [2.05, 4.69) is 5.10 Å². The van der Waals surface area contributed by atoms with Gasteiger partial charge in [-0.3, -0.25) is 9.59 Å². The molecule has 2 rings (SSSR count). The fraction of sp³-hybridized carbons (Fsp3) is 0.294. The van der Waals surface area contributed by atoms with Crippen LogP contribution in [0.3, 0.4) is 0 Å². The van der Waals surface area contributed by atoms with Gasteiger partial charge in [-0.15, -0.1) is 0 Å². The van der Waals surface area contributed by atoms with Crippen molar-refractivity contribution in [2.24, 2.45) is 0 Å². The van der Waals surface area contributed by atoms with E-state index in [4.69, 9.17) is 4.74 Å². The molecule has 0 aliphatic rings. The van der Waals surface area contributed by atoms with Crippen LogP contribution >= 0.6 is 0 Å². The predicted octanol–water partition coefficient (Wildman–Crippen LogP) is 2.23. The van der Waals surface area contributed by atoms with Crippen LogP contribution in [0.2, 0.25) is 0 Å². The van der Waals surface area contributed by atoms with Crippen molar-refractivity contribution in [2.45, 2.75) is 27.7 Å². The number of hydrogen-bond acceptors (Lipinski definition) is 5. The number of benzene rings is 1. The fourth-order valence-electron chi connectivity index (χ4n) is 2.05. The van der Waals surface area contributed by atoms with Crippen LogP contribution in [-0.4, -0.2) is 28.1 Å². The Morgan fingerprint density at radius 3 is 2.43 bits per heavy atom. The second-order valence-corrected chi connectivity index (χ2v) is 5.21. The Bertz CT molecular complexity index is 837. The highest BCUT2D eigenvalue weighted by atomic mass is 16.5. The predicted molar refractivity (Wildman–Crippen MR) is 85.3 cm³/mol. The second-order valence-electron chi connectivity index (χ2n) is 5.21. The molecule has 0 amide bonds. The van der Waals surface area contributed by atoms with Crippen LogP contribution in [0.1, 0.15) is 45.8 Å². The molecule has 2 aromatic rings. The first-order valence-electron chi connectivity index (χ1n) is 7.25. The molecule has 0 fully saturated rings. The first-order valence-corrected chi connectivity index (χ1v) is 7.25. The van der Waals surface area contributed by atoms with Crippen LogP contribution in [-0.2, 0) is 4.74 Å². The lowest BCUT2D eigenvalue weighted by molar-refractivity contribution is 0.0523. The van der Waals surface area contributed by atoms with Crippen molar-refractivity contribution in [2.75, 3.05) is 6.61 Å². The third-order valence-corrected chi connectivity index (χ3v) is 3.50. The molecule has 0 saturated heterocycles. The summed E-state index contributed by atoms with van der Waals surface area (Å²) in [5.74, 6) is -1.10. The van der Waals surface area contributed by atoms with Crippen molar-refractivity contribution in [3.05, 3.63) is 57.0 Å². The average Bonchev–Trinajstić information content (AvgIpc) is 2.50. The molecule has 6 heteroatoms.